The molecule has 0 aliphatic rings. The molecule has 0 rings (SSSR count). The minimum Gasteiger partial charge on any atom is -0.545 e. The predicted octanol–water partition coefficient (Wildman–Crippen LogP) is 18.0. The smallest absolute Gasteiger partial charge is 0.306 e. The van der Waals surface area contributed by atoms with Crippen LogP contribution in [0.5, 0.6) is 0 Å². The molecular weight excluding hydrogens is 923 g/mol. The molecule has 0 amide bonds. The summed E-state index contributed by atoms with van der Waals surface area (Å²) in [5, 5.41) is 11.7. The van der Waals surface area contributed by atoms with Gasteiger partial charge in [-0.3, -0.25) is 9.59 Å². The Balaban J connectivity index is 3.84. The molecule has 0 fully saturated rings. The monoisotopic (exact) mass is 1050 g/mol. The molecule has 0 spiro atoms. The van der Waals surface area contributed by atoms with Crippen LogP contribution in [0.25, 0.3) is 0 Å². The molecular formula is C65H125NO8. The quantitative estimate of drug-likeness (QED) is 0.0195. The molecule has 0 aliphatic carbocycles. The maximum absolute atomic E-state index is 12.8. The van der Waals surface area contributed by atoms with Crippen LogP contribution in [-0.2, 0) is 33.3 Å². The molecule has 74 heavy (non-hydrogen) atoms. The molecule has 0 heterocycles. The molecule has 9 heteroatoms. The van der Waals surface area contributed by atoms with Gasteiger partial charge in [-0.25, -0.2) is 0 Å². The Bertz CT molecular complexity index is 1220. The summed E-state index contributed by atoms with van der Waals surface area (Å²) in [6.45, 7) is 4.74. The van der Waals surface area contributed by atoms with Crippen LogP contribution in [0.15, 0.2) is 12.2 Å². The second kappa shape index (κ2) is 57.2. The Hall–Kier alpha value is -1.97. The summed E-state index contributed by atoms with van der Waals surface area (Å²) in [7, 11) is 5.92. The van der Waals surface area contributed by atoms with Crippen molar-refractivity contribution in [3.05, 3.63) is 12.2 Å². The van der Waals surface area contributed by atoms with E-state index in [1.807, 2.05) is 21.1 Å². The summed E-state index contributed by atoms with van der Waals surface area (Å²) < 4.78 is 22.6. The Morgan fingerprint density at radius 1 is 0.392 bits per heavy atom. The molecule has 0 aromatic rings. The zero-order valence-electron chi connectivity index (χ0n) is 50.0. The molecule has 0 N–H and O–H groups in total. The molecule has 438 valence electrons. The van der Waals surface area contributed by atoms with Gasteiger partial charge in [0, 0.05) is 12.8 Å². The summed E-state index contributed by atoms with van der Waals surface area (Å²) in [6.07, 6.45) is 64.7. The third kappa shape index (κ3) is 57.7. The molecule has 9 nitrogen and oxygen atoms in total. The molecule has 0 saturated heterocycles. The highest BCUT2D eigenvalue weighted by Crippen LogP contribution is 2.19. The fraction of sp³-hybridized carbons (Fsp3) is 0.923. The van der Waals surface area contributed by atoms with E-state index in [9.17, 15) is 19.5 Å². The first-order valence-corrected chi connectivity index (χ1v) is 32.3. The van der Waals surface area contributed by atoms with Gasteiger partial charge in [0.05, 0.1) is 40.3 Å². The van der Waals surface area contributed by atoms with Gasteiger partial charge < -0.3 is 33.3 Å². The number of quaternary nitrogens is 1. The lowest BCUT2D eigenvalue weighted by Gasteiger charge is -2.26. The number of allylic oxidation sites excluding steroid dienone is 2. The highest BCUT2D eigenvalue weighted by molar-refractivity contribution is 5.70. The number of carbonyl (C=O) groups is 3. The highest BCUT2D eigenvalue weighted by Gasteiger charge is 2.22. The number of esters is 2. The van der Waals surface area contributed by atoms with Crippen LogP contribution in [-0.4, -0.2) is 82.3 Å². The van der Waals surface area contributed by atoms with Crippen molar-refractivity contribution >= 4 is 17.9 Å². The van der Waals surface area contributed by atoms with Crippen molar-refractivity contribution in [3.8, 4) is 0 Å². The number of carboxylic acids is 1. The number of carboxylic acid groups (broad SMARTS) is 1. The summed E-state index contributed by atoms with van der Waals surface area (Å²) in [5.74, 6) is -2.28. The van der Waals surface area contributed by atoms with Gasteiger partial charge in [0.1, 0.15) is 13.2 Å². The number of likely N-dealkylation sites (N-methyl/N-ethyl adjacent to an activating group) is 1. The van der Waals surface area contributed by atoms with E-state index in [1.165, 1.54) is 238 Å². The number of hydrogen-bond donors (Lipinski definition) is 0. The van der Waals surface area contributed by atoms with E-state index in [0.717, 1.165) is 57.8 Å². The van der Waals surface area contributed by atoms with Gasteiger partial charge in [0.2, 0.25) is 0 Å². The van der Waals surface area contributed by atoms with Crippen LogP contribution in [0, 0.1) is 0 Å². The summed E-state index contributed by atoms with van der Waals surface area (Å²) in [5.41, 5.74) is 0. The van der Waals surface area contributed by atoms with Gasteiger partial charge in [-0.2, -0.15) is 0 Å². The van der Waals surface area contributed by atoms with Gasteiger partial charge in [-0.1, -0.05) is 296 Å². The van der Waals surface area contributed by atoms with Gasteiger partial charge in [-0.15, -0.1) is 0 Å². The topological polar surface area (TPSA) is 111 Å². The summed E-state index contributed by atoms with van der Waals surface area (Å²) in [6, 6.07) is 0. The van der Waals surface area contributed by atoms with Gasteiger partial charge >= 0.3 is 11.9 Å². The molecule has 0 aliphatic heterocycles. The third-order valence-electron chi connectivity index (χ3n) is 14.8. The van der Waals surface area contributed by atoms with Crippen molar-refractivity contribution in [1.29, 1.82) is 0 Å². The van der Waals surface area contributed by atoms with Gasteiger partial charge in [-0.05, 0) is 32.1 Å². The lowest BCUT2D eigenvalue weighted by atomic mass is 10.0. The minimum absolute atomic E-state index is 0.149. The van der Waals surface area contributed by atoms with Crippen molar-refractivity contribution in [2.24, 2.45) is 0 Å². The average Bonchev–Trinajstić information content (AvgIpc) is 3.37. The number of unbranched alkanes of at least 4 members (excludes halogenated alkanes) is 44. The number of ether oxygens (including phenoxy) is 4. The standard InChI is InChI=1S/C65H125NO8/c1-6-8-10-12-14-16-18-19-20-21-22-23-24-25-26-27-28-29-30-31-32-33-34-35-36-37-38-39-40-41-42-43-44-46-47-49-51-53-55-62(67)72-59-61(60-73-65(64(69)70)71-58-57-66(3,4)5)74-63(68)56-54-52-50-48-45-17-15-13-11-9-7-2/h13,15,61,65H,6-12,14,16-60H2,1-5H3/b15-13-. The normalized spacial score (nSPS) is 12.7. The first kappa shape index (κ1) is 72.0. The maximum Gasteiger partial charge on any atom is 0.306 e. The second-order valence-corrected chi connectivity index (χ2v) is 23.4. The maximum atomic E-state index is 12.8. The SMILES string of the molecule is CCCC/C=C\CCCCCCCC(=O)OC(COC(=O)CCCCCCCCCCCCCCCCCCCCCCCCCCCCCCCCCCCCCCCC)COC(OCC[N+](C)(C)C)C(=O)[O-]. The number of hydrogen-bond acceptors (Lipinski definition) is 8. The fourth-order valence-corrected chi connectivity index (χ4v) is 9.76. The van der Waals surface area contributed by atoms with Crippen LogP contribution in [0.2, 0.25) is 0 Å². The van der Waals surface area contributed by atoms with Crippen LogP contribution in [0.1, 0.15) is 328 Å². The third-order valence-corrected chi connectivity index (χ3v) is 14.8. The van der Waals surface area contributed by atoms with E-state index >= 15 is 0 Å². The molecule has 0 bridgehead atoms. The van der Waals surface area contributed by atoms with Crippen molar-refractivity contribution in [2.45, 2.75) is 341 Å². The van der Waals surface area contributed by atoms with Crippen molar-refractivity contribution in [1.82, 2.24) is 0 Å². The van der Waals surface area contributed by atoms with E-state index in [-0.39, 0.29) is 32.2 Å². The van der Waals surface area contributed by atoms with Crippen LogP contribution < -0.4 is 5.11 Å². The number of aliphatic carboxylic acids is 1. The minimum atomic E-state index is -1.62. The Morgan fingerprint density at radius 2 is 0.703 bits per heavy atom. The largest absolute Gasteiger partial charge is 0.545 e. The van der Waals surface area contributed by atoms with E-state index in [2.05, 4.69) is 26.0 Å². The highest BCUT2D eigenvalue weighted by atomic mass is 16.7. The van der Waals surface area contributed by atoms with Gasteiger partial charge in [0.15, 0.2) is 12.4 Å². The first-order chi connectivity index (χ1) is 36.1. The van der Waals surface area contributed by atoms with Crippen LogP contribution in [0.3, 0.4) is 0 Å². The van der Waals surface area contributed by atoms with Crippen molar-refractivity contribution in [3.63, 3.8) is 0 Å². The zero-order valence-corrected chi connectivity index (χ0v) is 50.0. The Labute approximate surface area is 459 Å². The molecule has 0 saturated carbocycles. The molecule has 2 unspecified atom stereocenters. The molecule has 0 aromatic carbocycles. The fourth-order valence-electron chi connectivity index (χ4n) is 9.76. The zero-order chi connectivity index (χ0) is 54.1. The molecule has 0 aromatic heterocycles. The van der Waals surface area contributed by atoms with E-state index < -0.39 is 24.3 Å². The van der Waals surface area contributed by atoms with Crippen LogP contribution >= 0.6 is 0 Å². The number of nitrogens with zero attached hydrogens (tertiary/aromatic N) is 1. The summed E-state index contributed by atoms with van der Waals surface area (Å²) >= 11 is 0. The Morgan fingerprint density at radius 3 is 1.04 bits per heavy atom. The first-order valence-electron chi connectivity index (χ1n) is 32.3. The average molecular weight is 1050 g/mol. The summed E-state index contributed by atoms with van der Waals surface area (Å²) in [4.78, 5) is 37.2. The van der Waals surface area contributed by atoms with Crippen molar-refractivity contribution < 1.29 is 42.9 Å². The molecule has 0 radical (unpaired) electrons. The van der Waals surface area contributed by atoms with E-state index in [1.54, 1.807) is 0 Å². The lowest BCUT2D eigenvalue weighted by molar-refractivity contribution is -0.870. The van der Waals surface area contributed by atoms with Crippen molar-refractivity contribution in [2.75, 3.05) is 47.5 Å². The number of rotatable bonds is 61. The second-order valence-electron chi connectivity index (χ2n) is 23.4. The number of carbonyl (C=O) groups excluding carboxylic acids is 3. The van der Waals surface area contributed by atoms with Gasteiger partial charge in [0.25, 0.3) is 0 Å². The Kier molecular flexibility index (Phi) is 55.7. The lowest BCUT2D eigenvalue weighted by Crippen LogP contribution is -2.44. The van der Waals surface area contributed by atoms with E-state index in [0.29, 0.717) is 23.9 Å². The van der Waals surface area contributed by atoms with Crippen LogP contribution in [0.4, 0.5) is 0 Å². The van der Waals surface area contributed by atoms with E-state index in [4.69, 9.17) is 18.9 Å². The predicted molar refractivity (Wildman–Crippen MR) is 311 cm³/mol. The molecule has 2 atom stereocenters.